The van der Waals surface area contributed by atoms with Gasteiger partial charge in [0.2, 0.25) is 0 Å². The summed E-state index contributed by atoms with van der Waals surface area (Å²) in [6, 6.07) is 17.4. The van der Waals surface area contributed by atoms with E-state index in [1.807, 2.05) is 30.3 Å². The molecule has 6 nitrogen and oxygen atoms in total. The van der Waals surface area contributed by atoms with Crippen molar-refractivity contribution in [3.8, 4) is 22.6 Å². The van der Waals surface area contributed by atoms with Gasteiger partial charge in [-0.3, -0.25) is 9.69 Å². The first-order valence-corrected chi connectivity index (χ1v) is 10.5. The Labute approximate surface area is 184 Å². The number of alkyl halides is 2. The quantitative estimate of drug-likeness (QED) is 0.562. The summed E-state index contributed by atoms with van der Waals surface area (Å²) < 4.78 is 11.1. The van der Waals surface area contributed by atoms with Gasteiger partial charge in [-0.25, -0.2) is 0 Å². The second-order valence-corrected chi connectivity index (χ2v) is 8.09. The molecule has 2 aromatic carbocycles. The van der Waals surface area contributed by atoms with Gasteiger partial charge in [0.15, 0.2) is 10.6 Å². The smallest absolute Gasteiger partial charge is 0.257 e. The molecule has 3 aromatic rings. The van der Waals surface area contributed by atoms with Gasteiger partial charge in [-0.05, 0) is 17.7 Å². The molecule has 0 unspecified atom stereocenters. The van der Waals surface area contributed by atoms with Crippen LogP contribution < -0.4 is 5.32 Å². The minimum absolute atomic E-state index is 0.481. The molecule has 1 fully saturated rings. The normalized spacial score (nSPS) is 14.8. The lowest BCUT2D eigenvalue weighted by molar-refractivity contribution is -0.114. The number of benzene rings is 2. The van der Waals surface area contributed by atoms with Crippen LogP contribution in [-0.4, -0.2) is 47.1 Å². The first kappa shape index (κ1) is 20.9. The minimum atomic E-state index is -1.13. The number of amides is 1. The number of hydrogen-bond donors (Lipinski definition) is 1. The molecule has 1 aliphatic heterocycles. The molecule has 0 aliphatic carbocycles. The number of ether oxygens (including phenoxy) is 1. The second kappa shape index (κ2) is 9.62. The van der Waals surface area contributed by atoms with Crippen molar-refractivity contribution in [2.75, 3.05) is 31.6 Å². The Kier molecular flexibility index (Phi) is 6.69. The van der Waals surface area contributed by atoms with E-state index in [9.17, 15) is 4.79 Å². The van der Waals surface area contributed by atoms with E-state index in [0.717, 1.165) is 49.7 Å². The summed E-state index contributed by atoms with van der Waals surface area (Å²) in [5.74, 6) is 0.126. The van der Waals surface area contributed by atoms with Crippen LogP contribution >= 0.6 is 23.2 Å². The summed E-state index contributed by atoms with van der Waals surface area (Å²) in [6.07, 6.45) is 0. The molecule has 156 valence electrons. The predicted molar refractivity (Wildman–Crippen MR) is 118 cm³/mol. The van der Waals surface area contributed by atoms with Gasteiger partial charge in [-0.15, -0.1) is 0 Å². The molecular formula is C22H21Cl2N3O3. The average Bonchev–Trinajstić information content (AvgIpc) is 3.25. The predicted octanol–water partition coefficient (Wildman–Crippen LogP) is 4.58. The van der Waals surface area contributed by atoms with Gasteiger partial charge >= 0.3 is 0 Å². The highest BCUT2D eigenvalue weighted by Gasteiger charge is 2.17. The lowest BCUT2D eigenvalue weighted by Crippen LogP contribution is -2.35. The molecule has 1 N–H and O–H groups in total. The lowest BCUT2D eigenvalue weighted by Gasteiger charge is -2.27. The van der Waals surface area contributed by atoms with Crippen molar-refractivity contribution in [3.63, 3.8) is 0 Å². The van der Waals surface area contributed by atoms with Crippen LogP contribution in [0.4, 0.5) is 5.69 Å². The molecule has 1 aliphatic rings. The topological polar surface area (TPSA) is 67.6 Å². The van der Waals surface area contributed by atoms with Gasteiger partial charge in [0.05, 0.1) is 13.2 Å². The Morgan fingerprint density at radius 1 is 1.10 bits per heavy atom. The summed E-state index contributed by atoms with van der Waals surface area (Å²) >= 11 is 11.2. The van der Waals surface area contributed by atoms with E-state index in [1.165, 1.54) is 5.56 Å². The van der Waals surface area contributed by atoms with Crippen molar-refractivity contribution in [1.82, 2.24) is 10.1 Å². The highest BCUT2D eigenvalue weighted by atomic mass is 35.5. The Hall–Kier alpha value is -2.38. The van der Waals surface area contributed by atoms with Crippen LogP contribution in [0.2, 0.25) is 0 Å². The van der Waals surface area contributed by atoms with Gasteiger partial charge in [0.25, 0.3) is 5.91 Å². The fraction of sp³-hybridized carbons (Fsp3) is 0.273. The fourth-order valence-electron chi connectivity index (χ4n) is 3.39. The third kappa shape index (κ3) is 5.02. The van der Waals surface area contributed by atoms with Crippen LogP contribution in [0, 0.1) is 0 Å². The van der Waals surface area contributed by atoms with Gasteiger partial charge in [-0.2, -0.15) is 0 Å². The number of carbonyl (C=O) groups excluding carboxylic acids is 1. The van der Waals surface area contributed by atoms with Crippen LogP contribution in [0.5, 0.6) is 0 Å². The number of halogens is 2. The first-order chi connectivity index (χ1) is 14.6. The van der Waals surface area contributed by atoms with Crippen LogP contribution in [0.3, 0.4) is 0 Å². The standard InChI is InChI=1S/C22H21Cl2N3O3/c23-21(24)22(28)25-17-6-3-5-15(12-17)20-13-19(26-30-20)18-7-2-1-4-16(18)14-27-8-10-29-11-9-27/h1-7,12-13,21H,8-11,14H2,(H,25,28). The maximum atomic E-state index is 11.7. The van der Waals surface area contributed by atoms with Crippen molar-refractivity contribution in [1.29, 1.82) is 0 Å². The number of hydrogen-bond acceptors (Lipinski definition) is 5. The minimum Gasteiger partial charge on any atom is -0.379 e. The highest BCUT2D eigenvalue weighted by Crippen LogP contribution is 2.30. The third-order valence-corrected chi connectivity index (χ3v) is 5.31. The van der Waals surface area contributed by atoms with E-state index in [1.54, 1.807) is 12.1 Å². The highest BCUT2D eigenvalue weighted by molar-refractivity contribution is 6.54. The van der Waals surface area contributed by atoms with E-state index >= 15 is 0 Å². The molecule has 0 bridgehead atoms. The van der Waals surface area contributed by atoms with Crippen LogP contribution in [-0.2, 0) is 16.1 Å². The number of nitrogens with zero attached hydrogens (tertiary/aromatic N) is 2. The fourth-order valence-corrected chi connectivity index (χ4v) is 3.50. The van der Waals surface area contributed by atoms with Gasteiger partial charge in [0, 0.05) is 42.5 Å². The van der Waals surface area contributed by atoms with Gasteiger partial charge in [-0.1, -0.05) is 64.8 Å². The summed E-state index contributed by atoms with van der Waals surface area (Å²) in [5, 5.41) is 6.95. The summed E-state index contributed by atoms with van der Waals surface area (Å²) in [5.41, 5.74) is 4.36. The first-order valence-electron chi connectivity index (χ1n) is 9.65. The van der Waals surface area contributed by atoms with E-state index < -0.39 is 10.7 Å². The summed E-state index contributed by atoms with van der Waals surface area (Å²) in [6.45, 7) is 4.20. The van der Waals surface area contributed by atoms with E-state index in [2.05, 4.69) is 27.5 Å². The lowest BCUT2D eigenvalue weighted by atomic mass is 10.0. The number of morpholine rings is 1. The SMILES string of the molecule is O=C(Nc1cccc(-c2cc(-c3ccccc3CN3CCOCC3)no2)c1)C(Cl)Cl. The van der Waals surface area contributed by atoms with Gasteiger partial charge < -0.3 is 14.6 Å². The van der Waals surface area contributed by atoms with Crippen molar-refractivity contribution >= 4 is 34.8 Å². The number of carbonyl (C=O) groups is 1. The van der Waals surface area contributed by atoms with Crippen LogP contribution in [0.1, 0.15) is 5.56 Å². The zero-order valence-electron chi connectivity index (χ0n) is 16.2. The largest absolute Gasteiger partial charge is 0.379 e. The molecule has 1 aromatic heterocycles. The molecule has 8 heteroatoms. The second-order valence-electron chi connectivity index (χ2n) is 6.99. The Bertz CT molecular complexity index is 1020. The Balaban J connectivity index is 1.56. The average molecular weight is 446 g/mol. The molecule has 30 heavy (non-hydrogen) atoms. The number of nitrogens with one attached hydrogen (secondary N) is 1. The molecule has 0 radical (unpaired) electrons. The van der Waals surface area contributed by atoms with E-state index in [4.69, 9.17) is 32.5 Å². The van der Waals surface area contributed by atoms with Gasteiger partial charge in [0.1, 0.15) is 5.69 Å². The van der Waals surface area contributed by atoms with Crippen molar-refractivity contribution in [3.05, 3.63) is 60.2 Å². The van der Waals surface area contributed by atoms with Crippen molar-refractivity contribution in [2.24, 2.45) is 0 Å². The molecule has 4 rings (SSSR count). The molecule has 1 amide bonds. The summed E-state index contributed by atoms with van der Waals surface area (Å²) in [4.78, 5) is 13.0. The third-order valence-electron chi connectivity index (χ3n) is 4.91. The van der Waals surface area contributed by atoms with Crippen LogP contribution in [0.25, 0.3) is 22.6 Å². The monoisotopic (exact) mass is 445 g/mol. The maximum absolute atomic E-state index is 11.7. The number of anilines is 1. The van der Waals surface area contributed by atoms with E-state index in [-0.39, 0.29) is 0 Å². The molecule has 0 saturated carbocycles. The number of rotatable bonds is 6. The molecule has 2 heterocycles. The van der Waals surface area contributed by atoms with Crippen molar-refractivity contribution < 1.29 is 14.1 Å². The molecular weight excluding hydrogens is 425 g/mol. The van der Waals surface area contributed by atoms with E-state index in [0.29, 0.717) is 11.4 Å². The Morgan fingerprint density at radius 2 is 1.90 bits per heavy atom. The maximum Gasteiger partial charge on any atom is 0.257 e. The number of aromatic nitrogens is 1. The molecule has 1 saturated heterocycles. The van der Waals surface area contributed by atoms with Crippen LogP contribution in [0.15, 0.2) is 59.1 Å². The summed E-state index contributed by atoms with van der Waals surface area (Å²) in [7, 11) is 0. The molecule has 0 spiro atoms. The zero-order valence-corrected chi connectivity index (χ0v) is 17.7. The Morgan fingerprint density at radius 3 is 2.70 bits per heavy atom. The molecule has 0 atom stereocenters. The van der Waals surface area contributed by atoms with Crippen molar-refractivity contribution in [2.45, 2.75) is 11.4 Å². The zero-order chi connectivity index (χ0) is 20.9.